The average Bonchev–Trinajstić information content (AvgIpc) is 2.42. The molecule has 3 N–H and O–H groups in total. The Morgan fingerprint density at radius 2 is 2.26 bits per heavy atom. The van der Waals surface area contributed by atoms with Crippen molar-refractivity contribution in [3.8, 4) is 0 Å². The van der Waals surface area contributed by atoms with E-state index in [2.05, 4.69) is 10.3 Å². The quantitative estimate of drug-likeness (QED) is 0.650. The van der Waals surface area contributed by atoms with Gasteiger partial charge >= 0.3 is 5.97 Å². The van der Waals surface area contributed by atoms with Crippen molar-refractivity contribution in [2.75, 3.05) is 17.7 Å². The van der Waals surface area contributed by atoms with Gasteiger partial charge in [0.15, 0.2) is 0 Å². The van der Waals surface area contributed by atoms with Crippen LogP contribution in [0, 0.1) is 0 Å². The Morgan fingerprint density at radius 3 is 3.00 bits per heavy atom. The number of carbonyl (C=O) groups excluding carboxylic acids is 1. The first-order valence-electron chi connectivity index (χ1n) is 6.20. The molecule has 1 heterocycles. The molecule has 0 aliphatic rings. The highest BCUT2D eigenvalue weighted by atomic mass is 16.5. The summed E-state index contributed by atoms with van der Waals surface area (Å²) in [6.07, 6.45) is 1.70. The van der Waals surface area contributed by atoms with Gasteiger partial charge in [-0.15, -0.1) is 0 Å². The van der Waals surface area contributed by atoms with Crippen LogP contribution in [0.2, 0.25) is 0 Å². The van der Waals surface area contributed by atoms with Crippen molar-refractivity contribution >= 4 is 28.2 Å². The summed E-state index contributed by atoms with van der Waals surface area (Å²) in [5.41, 5.74) is 8.09. The first-order valence-corrected chi connectivity index (χ1v) is 6.20. The van der Waals surface area contributed by atoms with Gasteiger partial charge < -0.3 is 15.8 Å². The first kappa shape index (κ1) is 13.1. The number of benzene rings is 1. The molecule has 2 aromatic rings. The van der Waals surface area contributed by atoms with E-state index in [1.807, 2.05) is 18.2 Å². The maximum Gasteiger partial charge on any atom is 0.328 e. The zero-order valence-electron chi connectivity index (χ0n) is 11.0. The molecule has 5 heteroatoms. The summed E-state index contributed by atoms with van der Waals surface area (Å²) in [5, 5.41) is 3.97. The second-order valence-electron chi connectivity index (χ2n) is 4.22. The van der Waals surface area contributed by atoms with Gasteiger partial charge in [-0.3, -0.25) is 4.98 Å². The van der Waals surface area contributed by atoms with Gasteiger partial charge in [0.2, 0.25) is 0 Å². The molecule has 0 spiro atoms. The highest BCUT2D eigenvalue weighted by Crippen LogP contribution is 2.26. The fourth-order valence-corrected chi connectivity index (χ4v) is 1.87. The van der Waals surface area contributed by atoms with Gasteiger partial charge in [0.05, 0.1) is 17.8 Å². The molecule has 0 bridgehead atoms. The number of pyridine rings is 1. The molecule has 5 nitrogen and oxygen atoms in total. The fourth-order valence-electron chi connectivity index (χ4n) is 1.87. The minimum absolute atomic E-state index is 0.289. The zero-order chi connectivity index (χ0) is 13.8. The van der Waals surface area contributed by atoms with Crippen molar-refractivity contribution in [1.82, 2.24) is 4.98 Å². The summed E-state index contributed by atoms with van der Waals surface area (Å²) in [7, 11) is 0. The molecule has 0 amide bonds. The molecular weight excluding hydrogens is 242 g/mol. The number of anilines is 2. The van der Waals surface area contributed by atoms with Crippen molar-refractivity contribution < 1.29 is 9.53 Å². The van der Waals surface area contributed by atoms with Crippen molar-refractivity contribution in [2.45, 2.75) is 19.9 Å². The van der Waals surface area contributed by atoms with E-state index in [1.54, 1.807) is 26.1 Å². The van der Waals surface area contributed by atoms with E-state index in [9.17, 15) is 4.79 Å². The van der Waals surface area contributed by atoms with Crippen molar-refractivity contribution in [3.63, 3.8) is 0 Å². The third kappa shape index (κ3) is 2.76. The summed E-state index contributed by atoms with van der Waals surface area (Å²) in [4.78, 5) is 15.9. The van der Waals surface area contributed by atoms with E-state index in [1.165, 1.54) is 0 Å². The molecule has 0 fully saturated rings. The normalized spacial score (nSPS) is 12.1. The number of esters is 1. The number of nitrogen functional groups attached to an aromatic ring is 1. The largest absolute Gasteiger partial charge is 0.464 e. The maximum absolute atomic E-state index is 11.6. The number of hydrogen-bond acceptors (Lipinski definition) is 5. The number of nitrogens with zero attached hydrogens (tertiary/aromatic N) is 1. The van der Waals surface area contributed by atoms with Crippen LogP contribution in [0.5, 0.6) is 0 Å². The number of ether oxygens (including phenoxy) is 1. The Bertz CT molecular complexity index is 598. The molecule has 0 saturated heterocycles. The summed E-state index contributed by atoms with van der Waals surface area (Å²) >= 11 is 0. The SMILES string of the molecule is CCOC(=O)C(C)Nc1ccc(N)c2cccnc12. The van der Waals surface area contributed by atoms with E-state index in [4.69, 9.17) is 10.5 Å². The highest BCUT2D eigenvalue weighted by molar-refractivity contribution is 5.99. The molecule has 2 rings (SSSR count). The lowest BCUT2D eigenvalue weighted by Gasteiger charge is -2.15. The van der Waals surface area contributed by atoms with E-state index >= 15 is 0 Å². The van der Waals surface area contributed by atoms with Crippen molar-refractivity contribution in [3.05, 3.63) is 30.5 Å². The van der Waals surface area contributed by atoms with Crippen LogP contribution in [0.15, 0.2) is 30.5 Å². The second-order valence-corrected chi connectivity index (χ2v) is 4.22. The first-order chi connectivity index (χ1) is 9.13. The number of nitrogens with one attached hydrogen (secondary N) is 1. The lowest BCUT2D eigenvalue weighted by Crippen LogP contribution is -2.28. The Kier molecular flexibility index (Phi) is 3.85. The summed E-state index contributed by atoms with van der Waals surface area (Å²) in [6.45, 7) is 3.90. The number of aromatic nitrogens is 1. The van der Waals surface area contributed by atoms with Crippen LogP contribution in [-0.2, 0) is 9.53 Å². The Labute approximate surface area is 111 Å². The predicted octanol–water partition coefficient (Wildman–Crippen LogP) is 2.18. The highest BCUT2D eigenvalue weighted by Gasteiger charge is 2.15. The maximum atomic E-state index is 11.6. The molecule has 1 unspecified atom stereocenters. The van der Waals surface area contributed by atoms with E-state index in [0.717, 1.165) is 16.6 Å². The van der Waals surface area contributed by atoms with Crippen LogP contribution in [0.3, 0.4) is 0 Å². The molecule has 0 aliphatic carbocycles. The monoisotopic (exact) mass is 259 g/mol. The third-order valence-electron chi connectivity index (χ3n) is 2.82. The molecule has 0 aliphatic heterocycles. The van der Waals surface area contributed by atoms with Gasteiger partial charge in [-0.05, 0) is 38.1 Å². The lowest BCUT2D eigenvalue weighted by atomic mass is 10.1. The number of fused-ring (bicyclic) bond motifs is 1. The van der Waals surface area contributed by atoms with Crippen LogP contribution in [0.25, 0.3) is 10.9 Å². The van der Waals surface area contributed by atoms with E-state index < -0.39 is 6.04 Å². The number of hydrogen-bond donors (Lipinski definition) is 2. The number of nitrogens with two attached hydrogens (primary N) is 1. The summed E-state index contributed by atoms with van der Waals surface area (Å²) in [5.74, 6) is -0.289. The smallest absolute Gasteiger partial charge is 0.328 e. The van der Waals surface area contributed by atoms with E-state index in [-0.39, 0.29) is 5.97 Å². The van der Waals surface area contributed by atoms with Crippen LogP contribution in [0.1, 0.15) is 13.8 Å². The number of carbonyl (C=O) groups is 1. The summed E-state index contributed by atoms with van der Waals surface area (Å²) in [6, 6.07) is 6.91. The molecule has 1 aromatic carbocycles. The van der Waals surface area contributed by atoms with Gasteiger partial charge in [0.25, 0.3) is 0 Å². The van der Waals surface area contributed by atoms with Gasteiger partial charge in [-0.25, -0.2) is 4.79 Å². The Balaban J connectivity index is 2.31. The molecule has 0 radical (unpaired) electrons. The molecule has 1 atom stereocenters. The van der Waals surface area contributed by atoms with Crippen LogP contribution in [0.4, 0.5) is 11.4 Å². The molecule has 19 heavy (non-hydrogen) atoms. The van der Waals surface area contributed by atoms with Crippen LogP contribution in [-0.4, -0.2) is 23.6 Å². The average molecular weight is 259 g/mol. The third-order valence-corrected chi connectivity index (χ3v) is 2.82. The standard InChI is InChI=1S/C14H17N3O2/c1-3-19-14(18)9(2)17-12-7-6-11(15)10-5-4-8-16-13(10)12/h4-9,17H,3,15H2,1-2H3. The van der Waals surface area contributed by atoms with Crippen LogP contribution >= 0.6 is 0 Å². The van der Waals surface area contributed by atoms with Crippen molar-refractivity contribution in [2.24, 2.45) is 0 Å². The molecule has 100 valence electrons. The fraction of sp³-hybridized carbons (Fsp3) is 0.286. The molecule has 1 aromatic heterocycles. The molecule has 0 saturated carbocycles. The van der Waals surface area contributed by atoms with Gasteiger partial charge in [-0.1, -0.05) is 0 Å². The second kappa shape index (κ2) is 5.56. The van der Waals surface area contributed by atoms with Crippen molar-refractivity contribution in [1.29, 1.82) is 0 Å². The zero-order valence-corrected chi connectivity index (χ0v) is 11.0. The predicted molar refractivity (Wildman–Crippen MR) is 75.9 cm³/mol. The van der Waals surface area contributed by atoms with Gasteiger partial charge in [0.1, 0.15) is 6.04 Å². The molecular formula is C14H17N3O2. The summed E-state index contributed by atoms with van der Waals surface area (Å²) < 4.78 is 4.97. The number of rotatable bonds is 4. The van der Waals surface area contributed by atoms with Gasteiger partial charge in [-0.2, -0.15) is 0 Å². The Hall–Kier alpha value is -2.30. The minimum atomic E-state index is -0.436. The lowest BCUT2D eigenvalue weighted by molar-refractivity contribution is -0.143. The van der Waals surface area contributed by atoms with Gasteiger partial charge in [0, 0.05) is 17.3 Å². The topological polar surface area (TPSA) is 77.2 Å². The Morgan fingerprint density at radius 1 is 1.47 bits per heavy atom. The van der Waals surface area contributed by atoms with Crippen LogP contribution < -0.4 is 11.1 Å². The van der Waals surface area contributed by atoms with E-state index in [0.29, 0.717) is 12.3 Å². The minimum Gasteiger partial charge on any atom is -0.464 e.